The highest BCUT2D eigenvalue weighted by Gasteiger charge is 2.30. The van der Waals surface area contributed by atoms with E-state index in [1.165, 1.54) is 6.07 Å². The fourth-order valence-electron chi connectivity index (χ4n) is 2.13. The van der Waals surface area contributed by atoms with Crippen molar-refractivity contribution in [3.05, 3.63) is 63.8 Å². The molecular formula is C16H16F3N3O2. The van der Waals surface area contributed by atoms with Gasteiger partial charge in [-0.25, -0.2) is 18.2 Å². The molecular weight excluding hydrogens is 323 g/mol. The molecule has 128 valence electrons. The van der Waals surface area contributed by atoms with Gasteiger partial charge in [0, 0.05) is 24.8 Å². The van der Waals surface area contributed by atoms with Crippen LogP contribution in [0, 0.1) is 11.6 Å². The zero-order valence-corrected chi connectivity index (χ0v) is 12.9. The smallest absolute Gasteiger partial charge is 0.287 e. The topological polar surface area (TPSA) is 74.8 Å². The third-order valence-electron chi connectivity index (χ3n) is 3.61. The number of aromatic amines is 1. The maximum absolute atomic E-state index is 14.9. The van der Waals surface area contributed by atoms with E-state index in [1.54, 1.807) is 6.92 Å². The Morgan fingerprint density at radius 3 is 2.71 bits per heavy atom. The first-order valence-corrected chi connectivity index (χ1v) is 7.29. The number of rotatable bonds is 6. The minimum atomic E-state index is -1.93. The molecule has 0 fully saturated rings. The Morgan fingerprint density at radius 1 is 1.33 bits per heavy atom. The minimum Gasteiger partial charge on any atom is -0.346 e. The normalized spacial score (nSPS) is 13.3. The van der Waals surface area contributed by atoms with E-state index < -0.39 is 35.3 Å². The summed E-state index contributed by atoms with van der Waals surface area (Å²) in [6, 6.07) is 4.04. The Hall–Kier alpha value is -2.64. The van der Waals surface area contributed by atoms with Crippen molar-refractivity contribution in [1.29, 1.82) is 0 Å². The number of nitrogens with zero attached hydrogens (tertiary/aromatic N) is 1. The average Bonchev–Trinajstić information content (AvgIpc) is 2.55. The summed E-state index contributed by atoms with van der Waals surface area (Å²) < 4.78 is 41.5. The van der Waals surface area contributed by atoms with Crippen LogP contribution in [-0.2, 0) is 6.42 Å². The maximum Gasteiger partial charge on any atom is 0.287 e. The van der Waals surface area contributed by atoms with Gasteiger partial charge in [0.2, 0.25) is 0 Å². The number of aromatic nitrogens is 2. The number of amides is 1. The summed E-state index contributed by atoms with van der Waals surface area (Å²) in [5.41, 5.74) is -2.42. The molecule has 8 heteroatoms. The molecule has 0 unspecified atom stereocenters. The van der Waals surface area contributed by atoms with E-state index in [0.29, 0.717) is 6.07 Å². The molecule has 1 aromatic carbocycles. The number of carbonyl (C=O) groups is 1. The average molecular weight is 339 g/mol. The van der Waals surface area contributed by atoms with E-state index in [4.69, 9.17) is 0 Å². The molecule has 1 atom stereocenters. The number of H-pyrrole nitrogens is 1. The number of halogens is 3. The van der Waals surface area contributed by atoms with E-state index in [-0.39, 0.29) is 24.2 Å². The number of alkyl halides is 1. The third kappa shape index (κ3) is 4.43. The van der Waals surface area contributed by atoms with Gasteiger partial charge in [-0.15, -0.1) is 0 Å². The van der Waals surface area contributed by atoms with Gasteiger partial charge in [-0.1, -0.05) is 13.0 Å². The standard InChI is InChI=1S/C16H16F3N3O2/c1-2-16(19,8-10-3-4-11(17)7-12(10)18)9-21-15(24)14-20-6-5-13(23)22-14/h3-7H,2,8-9H2,1H3,(H,21,24)(H,20,22,23)/t16-/m0/s1. The van der Waals surface area contributed by atoms with Crippen LogP contribution in [0.2, 0.25) is 0 Å². The van der Waals surface area contributed by atoms with Crippen LogP contribution in [0.25, 0.3) is 0 Å². The summed E-state index contributed by atoms with van der Waals surface area (Å²) in [5, 5.41) is 2.33. The summed E-state index contributed by atoms with van der Waals surface area (Å²) >= 11 is 0. The summed E-state index contributed by atoms with van der Waals surface area (Å²) in [6.45, 7) is 1.15. The lowest BCUT2D eigenvalue weighted by Crippen LogP contribution is -2.41. The molecule has 2 rings (SSSR count). The summed E-state index contributed by atoms with van der Waals surface area (Å²) in [4.78, 5) is 28.9. The van der Waals surface area contributed by atoms with Crippen molar-refractivity contribution >= 4 is 5.91 Å². The quantitative estimate of drug-likeness (QED) is 0.847. The van der Waals surface area contributed by atoms with Gasteiger partial charge in [0.1, 0.15) is 17.3 Å². The van der Waals surface area contributed by atoms with Gasteiger partial charge in [-0.05, 0) is 18.1 Å². The molecule has 0 bridgehead atoms. The lowest BCUT2D eigenvalue weighted by atomic mass is 9.93. The Kier molecular flexibility index (Phi) is 5.38. The number of nitrogens with one attached hydrogen (secondary N) is 2. The highest BCUT2D eigenvalue weighted by atomic mass is 19.1. The number of hydrogen-bond donors (Lipinski definition) is 2. The van der Waals surface area contributed by atoms with Gasteiger partial charge in [0.25, 0.3) is 11.5 Å². The lowest BCUT2D eigenvalue weighted by molar-refractivity contribution is 0.0880. The highest BCUT2D eigenvalue weighted by Crippen LogP contribution is 2.23. The van der Waals surface area contributed by atoms with Gasteiger partial charge in [-0.3, -0.25) is 9.59 Å². The van der Waals surface area contributed by atoms with Gasteiger partial charge >= 0.3 is 0 Å². The van der Waals surface area contributed by atoms with Crippen LogP contribution in [-0.4, -0.2) is 28.1 Å². The van der Waals surface area contributed by atoms with Crippen LogP contribution in [0.5, 0.6) is 0 Å². The van der Waals surface area contributed by atoms with Crippen molar-refractivity contribution in [2.75, 3.05) is 6.54 Å². The highest BCUT2D eigenvalue weighted by molar-refractivity contribution is 5.90. The van der Waals surface area contributed by atoms with E-state index >= 15 is 0 Å². The molecule has 5 nitrogen and oxygen atoms in total. The van der Waals surface area contributed by atoms with Crippen LogP contribution < -0.4 is 10.9 Å². The Morgan fingerprint density at radius 2 is 2.08 bits per heavy atom. The number of carbonyl (C=O) groups excluding carboxylic acids is 1. The molecule has 24 heavy (non-hydrogen) atoms. The van der Waals surface area contributed by atoms with Crippen molar-refractivity contribution in [3.63, 3.8) is 0 Å². The second-order valence-corrected chi connectivity index (χ2v) is 5.38. The summed E-state index contributed by atoms with van der Waals surface area (Å²) in [5.74, 6) is -2.58. The van der Waals surface area contributed by atoms with Crippen LogP contribution in [0.4, 0.5) is 13.2 Å². The van der Waals surface area contributed by atoms with Crippen LogP contribution >= 0.6 is 0 Å². The van der Waals surface area contributed by atoms with Crippen LogP contribution in [0.15, 0.2) is 35.3 Å². The van der Waals surface area contributed by atoms with Gasteiger partial charge in [-0.2, -0.15) is 0 Å². The lowest BCUT2D eigenvalue weighted by Gasteiger charge is -2.24. The second-order valence-electron chi connectivity index (χ2n) is 5.38. The molecule has 2 aromatic rings. The van der Waals surface area contributed by atoms with Crippen LogP contribution in [0.1, 0.15) is 29.5 Å². The first-order chi connectivity index (χ1) is 11.3. The molecule has 0 aliphatic rings. The molecule has 1 heterocycles. The van der Waals surface area contributed by atoms with Crippen molar-refractivity contribution in [3.8, 4) is 0 Å². The monoisotopic (exact) mass is 339 g/mol. The van der Waals surface area contributed by atoms with E-state index in [9.17, 15) is 22.8 Å². The Balaban J connectivity index is 2.07. The van der Waals surface area contributed by atoms with Gasteiger partial charge < -0.3 is 10.3 Å². The third-order valence-corrected chi connectivity index (χ3v) is 3.61. The molecule has 0 saturated carbocycles. The fourth-order valence-corrected chi connectivity index (χ4v) is 2.13. The molecule has 0 aliphatic heterocycles. The largest absolute Gasteiger partial charge is 0.346 e. The second kappa shape index (κ2) is 7.29. The molecule has 2 N–H and O–H groups in total. The minimum absolute atomic E-state index is 0.00281. The van der Waals surface area contributed by atoms with E-state index in [0.717, 1.165) is 18.3 Å². The van der Waals surface area contributed by atoms with Gasteiger partial charge in [0.15, 0.2) is 5.82 Å². The van der Waals surface area contributed by atoms with E-state index in [2.05, 4.69) is 15.3 Å². The fraction of sp³-hybridized carbons (Fsp3) is 0.312. The Bertz CT molecular complexity index is 794. The summed E-state index contributed by atoms with van der Waals surface area (Å²) in [6.07, 6.45) is 0.835. The van der Waals surface area contributed by atoms with Crippen LogP contribution in [0.3, 0.4) is 0 Å². The number of benzene rings is 1. The zero-order chi connectivity index (χ0) is 17.7. The Labute approximate surface area is 135 Å². The predicted octanol–water partition coefficient (Wildman–Crippen LogP) is 2.14. The first kappa shape index (κ1) is 17.7. The first-order valence-electron chi connectivity index (χ1n) is 7.29. The molecule has 1 amide bonds. The SMILES string of the molecule is CC[C@@](F)(CNC(=O)c1nccc(=O)[nH]1)Cc1ccc(F)cc1F. The molecule has 1 aromatic heterocycles. The van der Waals surface area contributed by atoms with Crippen molar-refractivity contribution < 1.29 is 18.0 Å². The van der Waals surface area contributed by atoms with Gasteiger partial charge in [0.05, 0.1) is 6.54 Å². The molecule has 0 radical (unpaired) electrons. The maximum atomic E-state index is 14.9. The summed E-state index contributed by atoms with van der Waals surface area (Å²) in [7, 11) is 0. The van der Waals surface area contributed by atoms with E-state index in [1.807, 2.05) is 0 Å². The van der Waals surface area contributed by atoms with Crippen molar-refractivity contribution in [1.82, 2.24) is 15.3 Å². The molecule has 0 aliphatic carbocycles. The zero-order valence-electron chi connectivity index (χ0n) is 12.9. The van der Waals surface area contributed by atoms with Crippen molar-refractivity contribution in [2.24, 2.45) is 0 Å². The number of hydrogen-bond acceptors (Lipinski definition) is 3. The van der Waals surface area contributed by atoms with Crippen molar-refractivity contribution in [2.45, 2.75) is 25.4 Å². The molecule has 0 spiro atoms. The predicted molar refractivity (Wildman–Crippen MR) is 81.4 cm³/mol. The molecule has 0 saturated heterocycles.